The van der Waals surface area contributed by atoms with E-state index in [1.165, 1.54) is 21.7 Å². The summed E-state index contributed by atoms with van der Waals surface area (Å²) in [6.45, 7) is 0.373. The summed E-state index contributed by atoms with van der Waals surface area (Å²) in [7, 11) is 0. The number of carbonyl (C=O) groups excluding carboxylic acids is 2. The van der Waals surface area contributed by atoms with Crippen molar-refractivity contribution in [2.24, 2.45) is 0 Å². The number of alkyl halides is 2. The fourth-order valence-electron chi connectivity index (χ4n) is 4.88. The van der Waals surface area contributed by atoms with E-state index in [4.69, 9.17) is 0 Å². The molecule has 38 heavy (non-hydrogen) atoms. The van der Waals surface area contributed by atoms with Crippen molar-refractivity contribution >= 4 is 50.3 Å². The average Bonchev–Trinajstić information content (AvgIpc) is 3.33. The second-order valence-electron chi connectivity index (χ2n) is 9.45. The number of nitrogens with zero attached hydrogens (tertiary/aromatic N) is 6. The third-order valence-corrected chi connectivity index (χ3v) is 7.32. The highest BCUT2D eigenvalue weighted by Crippen LogP contribution is 2.36. The van der Waals surface area contributed by atoms with E-state index < -0.39 is 35.6 Å². The first-order chi connectivity index (χ1) is 18.1. The zero-order chi connectivity index (χ0) is 27.0. The average molecular weight is 592 g/mol. The lowest BCUT2D eigenvalue weighted by Crippen LogP contribution is -2.47. The normalized spacial score (nSPS) is 19.4. The Balaban J connectivity index is 1.40. The third-order valence-electron chi connectivity index (χ3n) is 6.86. The number of aromatic nitrogens is 3. The lowest BCUT2D eigenvalue weighted by molar-refractivity contribution is -0.384. The molecule has 2 aliphatic heterocycles. The molecule has 0 unspecified atom stereocenters. The van der Waals surface area contributed by atoms with E-state index in [0.29, 0.717) is 34.9 Å². The summed E-state index contributed by atoms with van der Waals surface area (Å²) in [5.41, 5.74) is 0.844. The first kappa shape index (κ1) is 25.9. The largest absolute Gasteiger partial charge is 0.374 e. The Morgan fingerprint density at radius 2 is 1.87 bits per heavy atom. The van der Waals surface area contributed by atoms with Crippen LogP contribution in [0, 0.1) is 10.1 Å². The molecule has 0 aliphatic carbocycles. The van der Waals surface area contributed by atoms with Gasteiger partial charge in [0.2, 0.25) is 0 Å². The molecule has 1 atom stereocenters. The van der Waals surface area contributed by atoms with Crippen molar-refractivity contribution < 1.29 is 23.3 Å². The van der Waals surface area contributed by atoms with E-state index in [2.05, 4.69) is 31.6 Å². The van der Waals surface area contributed by atoms with Gasteiger partial charge in [-0.15, -0.1) is 5.10 Å². The molecule has 0 radical (unpaired) electrons. The zero-order valence-corrected chi connectivity index (χ0v) is 21.7. The summed E-state index contributed by atoms with van der Waals surface area (Å²) in [4.78, 5) is 40.8. The van der Waals surface area contributed by atoms with Gasteiger partial charge >= 0.3 is 6.03 Å². The van der Waals surface area contributed by atoms with Crippen LogP contribution < -0.4 is 5.32 Å². The molecule has 2 fully saturated rings. The molecule has 0 saturated carbocycles. The van der Waals surface area contributed by atoms with Gasteiger partial charge in [-0.2, -0.15) is 4.68 Å². The maximum atomic E-state index is 13.7. The maximum absolute atomic E-state index is 13.7. The van der Waals surface area contributed by atoms with Crippen molar-refractivity contribution in [2.45, 2.75) is 37.6 Å². The minimum absolute atomic E-state index is 0.00559. The van der Waals surface area contributed by atoms with Gasteiger partial charge in [0.25, 0.3) is 17.5 Å². The zero-order valence-electron chi connectivity index (χ0n) is 20.1. The van der Waals surface area contributed by atoms with Crippen LogP contribution in [0.25, 0.3) is 11.0 Å². The molecule has 1 N–H and O–H groups in total. The molecule has 3 heterocycles. The Morgan fingerprint density at radius 3 is 2.61 bits per heavy atom. The van der Waals surface area contributed by atoms with E-state index in [-0.39, 0.29) is 42.6 Å². The molecule has 2 saturated heterocycles. The van der Waals surface area contributed by atoms with E-state index in [0.717, 1.165) is 0 Å². The van der Waals surface area contributed by atoms with Crippen LogP contribution in [0.3, 0.4) is 0 Å². The van der Waals surface area contributed by atoms with Gasteiger partial charge in [-0.25, -0.2) is 13.6 Å². The molecule has 11 nitrogen and oxygen atoms in total. The molecule has 2 amide bonds. The quantitative estimate of drug-likeness (QED) is 0.349. The standard InChI is InChI=1S/C24H24BrF2N7O4/c25-15-12-17(22(35)31-10-7-24(26,27)8-11-31)21(20(13-15)34(37)38)28-16-4-3-9-32(14-16)23(36)33-19-6-2-1-5-18(19)29-30-33/h1-2,5-6,12-13,16,28H,3-4,7-11,14H2/t16-/m1/s1. The molecular formula is C24H24BrF2N7O4. The third kappa shape index (κ3) is 5.17. The molecule has 2 aliphatic rings. The van der Waals surface area contributed by atoms with Gasteiger partial charge in [-0.3, -0.25) is 14.9 Å². The number of halogens is 3. The molecule has 14 heteroatoms. The summed E-state index contributed by atoms with van der Waals surface area (Å²) < 4.78 is 28.9. The van der Waals surface area contributed by atoms with Crippen molar-refractivity contribution in [3.05, 3.63) is 56.5 Å². The predicted octanol–water partition coefficient (Wildman–Crippen LogP) is 4.52. The van der Waals surface area contributed by atoms with Gasteiger partial charge in [0.1, 0.15) is 11.2 Å². The van der Waals surface area contributed by atoms with E-state index >= 15 is 0 Å². The molecule has 1 aromatic heterocycles. The smallest absolute Gasteiger partial charge is 0.346 e. The number of fused-ring (bicyclic) bond motifs is 1. The molecule has 200 valence electrons. The number of nitrogens with one attached hydrogen (secondary N) is 1. The fourth-order valence-corrected chi connectivity index (χ4v) is 5.33. The lowest BCUT2D eigenvalue weighted by atomic mass is 10.0. The van der Waals surface area contributed by atoms with Gasteiger partial charge in [0.05, 0.1) is 16.0 Å². The van der Waals surface area contributed by atoms with E-state index in [1.807, 2.05) is 0 Å². The van der Waals surface area contributed by atoms with Crippen LogP contribution >= 0.6 is 15.9 Å². The van der Waals surface area contributed by atoms with Crippen LogP contribution in [-0.2, 0) is 0 Å². The van der Waals surface area contributed by atoms with Gasteiger partial charge in [0, 0.05) is 55.6 Å². The van der Waals surface area contributed by atoms with Crippen molar-refractivity contribution in [3.8, 4) is 0 Å². The number of hydrogen-bond donors (Lipinski definition) is 1. The van der Waals surface area contributed by atoms with Crippen molar-refractivity contribution in [3.63, 3.8) is 0 Å². The predicted molar refractivity (Wildman–Crippen MR) is 137 cm³/mol. The highest BCUT2D eigenvalue weighted by atomic mass is 79.9. The lowest BCUT2D eigenvalue weighted by Gasteiger charge is -2.34. The summed E-state index contributed by atoms with van der Waals surface area (Å²) in [6.07, 6.45) is 0.284. The summed E-state index contributed by atoms with van der Waals surface area (Å²) in [6, 6.07) is 9.04. The number of likely N-dealkylation sites (tertiary alicyclic amines) is 2. The highest BCUT2D eigenvalue weighted by Gasteiger charge is 2.37. The Labute approximate surface area is 224 Å². The second-order valence-corrected chi connectivity index (χ2v) is 10.4. The van der Waals surface area contributed by atoms with Crippen LogP contribution in [-0.4, -0.2) is 79.8 Å². The topological polar surface area (TPSA) is 126 Å². The van der Waals surface area contributed by atoms with Gasteiger partial charge in [0.15, 0.2) is 0 Å². The monoisotopic (exact) mass is 591 g/mol. The van der Waals surface area contributed by atoms with Gasteiger partial charge in [-0.05, 0) is 31.0 Å². The number of piperidine rings is 2. The Kier molecular flexibility index (Phi) is 6.99. The number of nitro groups is 1. The minimum atomic E-state index is -2.84. The molecule has 0 spiro atoms. The molecule has 5 rings (SSSR count). The van der Waals surface area contributed by atoms with Crippen LogP contribution in [0.1, 0.15) is 36.0 Å². The molecule has 2 aromatic carbocycles. The van der Waals surface area contributed by atoms with Crippen molar-refractivity contribution in [2.75, 3.05) is 31.5 Å². The number of benzene rings is 2. The van der Waals surface area contributed by atoms with Crippen LogP contribution in [0.15, 0.2) is 40.9 Å². The number of hydrogen-bond acceptors (Lipinski definition) is 7. The Morgan fingerprint density at radius 1 is 1.13 bits per heavy atom. The second kappa shape index (κ2) is 10.2. The fraction of sp³-hybridized carbons (Fsp3) is 0.417. The first-order valence-electron chi connectivity index (χ1n) is 12.1. The van der Waals surface area contributed by atoms with E-state index in [9.17, 15) is 28.5 Å². The van der Waals surface area contributed by atoms with Crippen molar-refractivity contribution in [1.29, 1.82) is 0 Å². The van der Waals surface area contributed by atoms with Crippen molar-refractivity contribution in [1.82, 2.24) is 24.8 Å². The number of carbonyl (C=O) groups is 2. The maximum Gasteiger partial charge on any atom is 0.346 e. The molecule has 3 aromatic rings. The van der Waals surface area contributed by atoms with Crippen LogP contribution in [0.2, 0.25) is 0 Å². The number of para-hydroxylation sites is 1. The summed E-state index contributed by atoms with van der Waals surface area (Å²) >= 11 is 3.23. The number of anilines is 1. The SMILES string of the molecule is O=C(c1cc(Br)cc([N+](=O)[O-])c1N[C@@H]1CCCN(C(=O)n2nnc3ccccc32)C1)N1CCC(F)(F)CC1. The first-order valence-corrected chi connectivity index (χ1v) is 12.9. The Bertz CT molecular complexity index is 1410. The van der Waals surface area contributed by atoms with Crippen LogP contribution in [0.4, 0.5) is 25.0 Å². The Hall–Kier alpha value is -3.68. The summed E-state index contributed by atoms with van der Waals surface area (Å²) in [5.74, 6) is -3.40. The molecular weight excluding hydrogens is 568 g/mol. The summed E-state index contributed by atoms with van der Waals surface area (Å²) in [5, 5.41) is 23.1. The molecule has 0 bridgehead atoms. The minimum Gasteiger partial charge on any atom is -0.374 e. The number of nitro benzene ring substituents is 1. The number of rotatable bonds is 4. The van der Waals surface area contributed by atoms with Gasteiger partial charge in [-0.1, -0.05) is 33.3 Å². The number of amides is 2. The van der Waals surface area contributed by atoms with Gasteiger partial charge < -0.3 is 15.1 Å². The van der Waals surface area contributed by atoms with E-state index in [1.54, 1.807) is 29.2 Å². The highest BCUT2D eigenvalue weighted by molar-refractivity contribution is 9.10. The van der Waals surface area contributed by atoms with Crippen LogP contribution in [0.5, 0.6) is 0 Å².